The van der Waals surface area contributed by atoms with Gasteiger partial charge in [0.25, 0.3) is 11.7 Å². The first-order chi connectivity index (χ1) is 25.2. The number of carbonyl (C=O) groups is 1. The zero-order valence-corrected chi connectivity index (χ0v) is 35.5. The van der Waals surface area contributed by atoms with Crippen molar-refractivity contribution in [3.8, 4) is 0 Å². The highest BCUT2D eigenvalue weighted by Crippen LogP contribution is 2.17. The van der Waals surface area contributed by atoms with E-state index in [4.69, 9.17) is 0 Å². The standard InChI is InChI=1S/C42H79N3O.CH4O4S/c1-5-8-10-12-14-16-18-20-22-24-26-28-30-32-34-36-38-42-44(4)39-40(7-3)45(42)43-41(46)37-35-33-31-29-27-25-23-21-19-17-15-13-11-9-6-2;1-5-6(2,3)4/h20-23,40H,5-19,24-39H2,1-4H3;1H3,(H,2,3,4)/b22-20-,23-21-;. The van der Waals surface area contributed by atoms with Crippen molar-refractivity contribution in [2.45, 2.75) is 219 Å². The molecule has 1 aliphatic heterocycles. The lowest BCUT2D eigenvalue weighted by Crippen LogP contribution is -2.49. The summed E-state index contributed by atoms with van der Waals surface area (Å²) in [5.74, 6) is 1.52. The van der Waals surface area contributed by atoms with Gasteiger partial charge in [0, 0.05) is 6.42 Å². The highest BCUT2D eigenvalue weighted by Gasteiger charge is 2.38. The molecule has 0 aromatic rings. The van der Waals surface area contributed by atoms with Crippen LogP contribution in [0.25, 0.3) is 0 Å². The molecule has 0 aliphatic carbocycles. The highest BCUT2D eigenvalue weighted by atomic mass is 32.3. The number of unbranched alkanes of at least 4 members (excludes halogenated alkanes) is 23. The number of hydrogen-bond donors (Lipinski definition) is 1. The van der Waals surface area contributed by atoms with Gasteiger partial charge in [-0.2, -0.15) is 10.4 Å². The van der Waals surface area contributed by atoms with Gasteiger partial charge in [-0.1, -0.05) is 154 Å². The van der Waals surface area contributed by atoms with E-state index in [1.54, 1.807) is 0 Å². The number of carbonyl (C=O) groups excluding carboxylic acids is 1. The highest BCUT2D eigenvalue weighted by molar-refractivity contribution is 7.80. The normalized spacial score (nSPS) is 14.9. The molecular weight excluding hydrogens is 671 g/mol. The van der Waals surface area contributed by atoms with Crippen molar-refractivity contribution in [3.63, 3.8) is 0 Å². The molecule has 0 aromatic heterocycles. The molecule has 0 fully saturated rings. The number of amides is 1. The number of nitrogens with one attached hydrogen (secondary N) is 1. The van der Waals surface area contributed by atoms with Gasteiger partial charge in [-0.25, -0.2) is 8.42 Å². The molecule has 1 aliphatic rings. The summed E-state index contributed by atoms with van der Waals surface area (Å²) in [7, 11) is -1.40. The summed E-state index contributed by atoms with van der Waals surface area (Å²) in [5.41, 5.74) is 3.31. The average Bonchev–Trinajstić information content (AvgIpc) is 3.42. The predicted octanol–water partition coefficient (Wildman–Crippen LogP) is 11.7. The number of rotatable bonds is 34. The number of hydrogen-bond acceptors (Lipinski definition) is 6. The van der Waals surface area contributed by atoms with Crippen LogP contribution in [-0.2, 0) is 19.4 Å². The predicted molar refractivity (Wildman–Crippen MR) is 220 cm³/mol. The molecule has 0 saturated heterocycles. The molecule has 306 valence electrons. The van der Waals surface area contributed by atoms with Crippen LogP contribution in [-0.4, -0.2) is 61.0 Å². The molecule has 0 spiro atoms. The van der Waals surface area contributed by atoms with Crippen molar-refractivity contribution in [2.24, 2.45) is 0 Å². The maximum atomic E-state index is 12.9. The lowest BCUT2D eigenvalue weighted by Gasteiger charge is -2.19. The molecular formula is C43H83N3O5S. The number of hydrazine groups is 1. The number of amidine groups is 1. The van der Waals surface area contributed by atoms with E-state index in [2.05, 4.69) is 71.3 Å². The molecule has 9 heteroatoms. The maximum absolute atomic E-state index is 12.9. The van der Waals surface area contributed by atoms with Crippen LogP contribution in [0.2, 0.25) is 0 Å². The fraction of sp³-hybridized carbons (Fsp3) is 0.860. The van der Waals surface area contributed by atoms with Gasteiger partial charge in [-0.05, 0) is 70.6 Å². The van der Waals surface area contributed by atoms with Gasteiger partial charge in [-0.15, -0.1) is 0 Å². The molecule has 1 N–H and O–H groups in total. The van der Waals surface area contributed by atoms with E-state index in [0.29, 0.717) is 12.5 Å². The second kappa shape index (κ2) is 36.3. The minimum Gasteiger partial charge on any atom is -0.726 e. The summed E-state index contributed by atoms with van der Waals surface area (Å²) in [6, 6.07) is 0.396. The quantitative estimate of drug-likeness (QED) is 0.0231. The van der Waals surface area contributed by atoms with Crippen LogP contribution in [0.1, 0.15) is 213 Å². The van der Waals surface area contributed by atoms with Crippen LogP contribution in [0.15, 0.2) is 24.3 Å². The Morgan fingerprint density at radius 3 is 1.44 bits per heavy atom. The second-order valence-electron chi connectivity index (χ2n) is 14.9. The molecule has 1 unspecified atom stereocenters. The molecule has 1 amide bonds. The van der Waals surface area contributed by atoms with Crippen LogP contribution >= 0.6 is 0 Å². The third-order valence-corrected chi connectivity index (χ3v) is 10.5. The Hall–Kier alpha value is -1.71. The summed E-state index contributed by atoms with van der Waals surface area (Å²) in [5, 5.41) is 2.23. The molecule has 0 aromatic carbocycles. The minimum atomic E-state index is -4.41. The van der Waals surface area contributed by atoms with Gasteiger partial charge in [0.15, 0.2) is 6.04 Å². The summed E-state index contributed by atoms with van der Waals surface area (Å²) < 4.78 is 33.4. The van der Waals surface area contributed by atoms with E-state index in [-0.39, 0.29) is 5.91 Å². The molecule has 0 radical (unpaired) electrons. The molecule has 0 saturated carbocycles. The Morgan fingerprint density at radius 1 is 0.692 bits per heavy atom. The zero-order chi connectivity index (χ0) is 38.5. The molecule has 1 atom stereocenters. The molecule has 1 rings (SSSR count). The van der Waals surface area contributed by atoms with E-state index in [9.17, 15) is 17.8 Å². The smallest absolute Gasteiger partial charge is 0.270 e. The van der Waals surface area contributed by atoms with Crippen molar-refractivity contribution in [1.29, 1.82) is 0 Å². The van der Waals surface area contributed by atoms with Crippen LogP contribution in [0, 0.1) is 0 Å². The summed E-state index contributed by atoms with van der Waals surface area (Å²) in [6.45, 7) is 7.83. The lowest BCUT2D eigenvalue weighted by atomic mass is 10.1. The summed E-state index contributed by atoms with van der Waals surface area (Å²) >= 11 is 0. The van der Waals surface area contributed by atoms with E-state index >= 15 is 0 Å². The number of likely N-dealkylation sites (N-methyl/N-ethyl adjacent to an activating group) is 1. The first-order valence-corrected chi connectivity index (χ1v) is 23.0. The minimum absolute atomic E-state index is 0.199. The van der Waals surface area contributed by atoms with Crippen molar-refractivity contribution >= 4 is 22.1 Å². The molecule has 52 heavy (non-hydrogen) atoms. The van der Waals surface area contributed by atoms with Gasteiger partial charge in [0.1, 0.15) is 6.54 Å². The first-order valence-electron chi connectivity index (χ1n) is 21.7. The van der Waals surface area contributed by atoms with Crippen LogP contribution in [0.4, 0.5) is 0 Å². The van der Waals surface area contributed by atoms with Crippen LogP contribution in [0.3, 0.4) is 0 Å². The van der Waals surface area contributed by atoms with Gasteiger partial charge in [0.05, 0.1) is 20.6 Å². The number of allylic oxidation sites excluding steroid dienone is 4. The van der Waals surface area contributed by atoms with Gasteiger partial charge < -0.3 is 4.55 Å². The Morgan fingerprint density at radius 2 is 1.06 bits per heavy atom. The largest absolute Gasteiger partial charge is 0.726 e. The monoisotopic (exact) mass is 754 g/mol. The van der Waals surface area contributed by atoms with E-state index in [1.165, 1.54) is 166 Å². The van der Waals surface area contributed by atoms with Crippen molar-refractivity contribution < 1.29 is 26.5 Å². The van der Waals surface area contributed by atoms with Crippen LogP contribution < -0.4 is 5.43 Å². The van der Waals surface area contributed by atoms with Crippen LogP contribution in [0.5, 0.6) is 0 Å². The lowest BCUT2D eigenvalue weighted by molar-refractivity contribution is -0.491. The Balaban J connectivity index is 0.00000397. The summed E-state index contributed by atoms with van der Waals surface area (Å²) in [6.07, 6.45) is 47.9. The van der Waals surface area contributed by atoms with Crippen molar-refractivity contribution in [3.05, 3.63) is 24.3 Å². The SMILES string of the molecule is CCCCCCCC/C=C\CCCCCCCCC1=[N+](C)CC(CC)N1NC(=O)CCCCCCC/C=C\CCCCCCCC.COS(=O)(=O)[O-]. The zero-order valence-electron chi connectivity index (χ0n) is 34.7. The second-order valence-corrected chi connectivity index (χ2v) is 16.0. The average molecular weight is 754 g/mol. The first kappa shape index (κ1) is 50.3. The van der Waals surface area contributed by atoms with Gasteiger partial charge in [-0.3, -0.25) is 13.6 Å². The van der Waals surface area contributed by atoms with E-state index in [1.807, 2.05) is 0 Å². The topological polar surface area (TPSA) is 102 Å². The fourth-order valence-corrected chi connectivity index (χ4v) is 6.75. The molecule has 1 heterocycles. The third-order valence-electron chi connectivity index (χ3n) is 10.1. The van der Waals surface area contributed by atoms with E-state index in [0.717, 1.165) is 39.3 Å². The van der Waals surface area contributed by atoms with Gasteiger partial charge >= 0.3 is 0 Å². The number of nitrogens with zero attached hydrogens (tertiary/aromatic N) is 2. The fourth-order valence-electron chi connectivity index (χ4n) is 6.75. The molecule has 0 bridgehead atoms. The summed E-state index contributed by atoms with van der Waals surface area (Å²) in [4.78, 5) is 12.9. The van der Waals surface area contributed by atoms with Gasteiger partial charge in [0.2, 0.25) is 10.4 Å². The Kier molecular flexibility index (Phi) is 35.1. The van der Waals surface area contributed by atoms with Crippen molar-refractivity contribution in [2.75, 3.05) is 20.7 Å². The van der Waals surface area contributed by atoms with E-state index < -0.39 is 10.4 Å². The third kappa shape index (κ3) is 31.8. The Labute approximate surface area is 322 Å². The Bertz CT molecular complexity index is 1030. The maximum Gasteiger partial charge on any atom is 0.270 e. The molecule has 8 nitrogen and oxygen atoms in total. The van der Waals surface area contributed by atoms with Crippen molar-refractivity contribution in [1.82, 2.24) is 10.4 Å².